The molecule has 14 heavy (non-hydrogen) atoms. The Hall–Kier alpha value is -1.49. The third kappa shape index (κ3) is 1.72. The maximum Gasteiger partial charge on any atom is 0.122 e. The SMILES string of the molecule is COc1cc(CC#N)ccc1C1CC1. The second-order valence-corrected chi connectivity index (χ2v) is 3.69. The minimum atomic E-state index is 0.460. The van der Waals surface area contributed by atoms with Crippen LogP contribution in [0.2, 0.25) is 0 Å². The van der Waals surface area contributed by atoms with E-state index in [1.54, 1.807) is 7.11 Å². The number of hydrogen-bond acceptors (Lipinski definition) is 2. The first-order valence-electron chi connectivity index (χ1n) is 4.89. The summed E-state index contributed by atoms with van der Waals surface area (Å²) in [5.74, 6) is 1.64. The second kappa shape index (κ2) is 3.71. The van der Waals surface area contributed by atoms with Crippen LogP contribution in [0.15, 0.2) is 18.2 Å². The van der Waals surface area contributed by atoms with E-state index in [-0.39, 0.29) is 0 Å². The highest BCUT2D eigenvalue weighted by Crippen LogP contribution is 2.44. The Balaban J connectivity index is 2.30. The molecule has 1 aromatic carbocycles. The molecule has 0 aromatic heterocycles. The van der Waals surface area contributed by atoms with Crippen LogP contribution >= 0.6 is 0 Å². The first-order valence-corrected chi connectivity index (χ1v) is 4.89. The summed E-state index contributed by atoms with van der Waals surface area (Å²) in [6, 6.07) is 8.25. The maximum absolute atomic E-state index is 8.58. The fraction of sp³-hybridized carbons (Fsp3) is 0.417. The molecule has 1 aliphatic rings. The predicted octanol–water partition coefficient (Wildman–Crippen LogP) is 2.64. The van der Waals surface area contributed by atoms with Crippen molar-refractivity contribution in [1.82, 2.24) is 0 Å². The van der Waals surface area contributed by atoms with E-state index in [1.165, 1.54) is 18.4 Å². The molecule has 0 unspecified atom stereocenters. The topological polar surface area (TPSA) is 33.0 Å². The van der Waals surface area contributed by atoms with Crippen molar-refractivity contribution in [3.63, 3.8) is 0 Å². The van der Waals surface area contributed by atoms with Crippen molar-refractivity contribution in [3.8, 4) is 11.8 Å². The molecule has 1 aliphatic carbocycles. The molecular weight excluding hydrogens is 174 g/mol. The highest BCUT2D eigenvalue weighted by molar-refractivity contribution is 5.42. The number of nitriles is 1. The number of benzene rings is 1. The van der Waals surface area contributed by atoms with E-state index in [0.29, 0.717) is 12.3 Å². The molecule has 1 saturated carbocycles. The van der Waals surface area contributed by atoms with Crippen LogP contribution < -0.4 is 4.74 Å². The average Bonchev–Trinajstić information content (AvgIpc) is 3.02. The Morgan fingerprint density at radius 2 is 2.29 bits per heavy atom. The molecule has 0 spiro atoms. The third-order valence-electron chi connectivity index (χ3n) is 2.60. The lowest BCUT2D eigenvalue weighted by molar-refractivity contribution is 0.409. The van der Waals surface area contributed by atoms with Gasteiger partial charge in [0, 0.05) is 0 Å². The average molecular weight is 187 g/mol. The molecule has 0 N–H and O–H groups in total. The van der Waals surface area contributed by atoms with Gasteiger partial charge in [-0.2, -0.15) is 5.26 Å². The van der Waals surface area contributed by atoms with E-state index in [4.69, 9.17) is 10.00 Å². The molecule has 0 heterocycles. The van der Waals surface area contributed by atoms with Crippen LogP contribution in [0.1, 0.15) is 29.9 Å². The Bertz CT molecular complexity index is 374. The van der Waals surface area contributed by atoms with E-state index in [2.05, 4.69) is 12.1 Å². The highest BCUT2D eigenvalue weighted by atomic mass is 16.5. The summed E-state index contributed by atoms with van der Waals surface area (Å²) < 4.78 is 5.32. The van der Waals surface area contributed by atoms with Crippen LogP contribution in [-0.4, -0.2) is 7.11 Å². The summed E-state index contributed by atoms with van der Waals surface area (Å²) in [4.78, 5) is 0. The van der Waals surface area contributed by atoms with Crippen LogP contribution in [0, 0.1) is 11.3 Å². The molecule has 2 rings (SSSR count). The predicted molar refractivity (Wildman–Crippen MR) is 54.3 cm³/mol. The number of ether oxygens (including phenoxy) is 1. The molecule has 2 heteroatoms. The van der Waals surface area contributed by atoms with Gasteiger partial charge in [0.25, 0.3) is 0 Å². The molecule has 72 valence electrons. The van der Waals surface area contributed by atoms with Gasteiger partial charge in [-0.1, -0.05) is 12.1 Å². The maximum atomic E-state index is 8.58. The Kier molecular flexibility index (Phi) is 2.41. The van der Waals surface area contributed by atoms with Gasteiger partial charge >= 0.3 is 0 Å². The van der Waals surface area contributed by atoms with Crippen molar-refractivity contribution < 1.29 is 4.74 Å². The standard InChI is InChI=1S/C12H13NO/c1-14-12-8-9(6-7-13)2-5-11(12)10-3-4-10/h2,5,8,10H,3-4,6H2,1H3. The normalized spacial score (nSPS) is 14.9. The number of nitrogens with zero attached hydrogens (tertiary/aromatic N) is 1. The zero-order valence-electron chi connectivity index (χ0n) is 8.29. The largest absolute Gasteiger partial charge is 0.496 e. The lowest BCUT2D eigenvalue weighted by Gasteiger charge is -2.08. The Morgan fingerprint density at radius 1 is 1.50 bits per heavy atom. The summed E-state index contributed by atoms with van der Waals surface area (Å²) >= 11 is 0. The molecule has 0 saturated heterocycles. The van der Waals surface area contributed by atoms with Crippen LogP contribution in [0.4, 0.5) is 0 Å². The summed E-state index contributed by atoms with van der Waals surface area (Å²) in [5, 5.41) is 8.58. The van der Waals surface area contributed by atoms with Crippen molar-refractivity contribution in [2.45, 2.75) is 25.2 Å². The van der Waals surface area contributed by atoms with Crippen molar-refractivity contribution in [2.24, 2.45) is 0 Å². The van der Waals surface area contributed by atoms with Gasteiger partial charge in [-0.15, -0.1) is 0 Å². The third-order valence-corrected chi connectivity index (χ3v) is 2.60. The molecule has 0 amide bonds. The summed E-state index contributed by atoms with van der Waals surface area (Å²) in [7, 11) is 1.69. The molecule has 0 radical (unpaired) electrons. The first-order chi connectivity index (χ1) is 6.85. The first kappa shape index (κ1) is 9.08. The molecule has 0 bridgehead atoms. The minimum absolute atomic E-state index is 0.460. The van der Waals surface area contributed by atoms with Gasteiger partial charge < -0.3 is 4.74 Å². The fourth-order valence-corrected chi connectivity index (χ4v) is 1.69. The lowest BCUT2D eigenvalue weighted by atomic mass is 10.1. The highest BCUT2D eigenvalue weighted by Gasteiger charge is 2.26. The van der Waals surface area contributed by atoms with E-state index in [0.717, 1.165) is 11.3 Å². The summed E-state index contributed by atoms with van der Waals surface area (Å²) in [6.45, 7) is 0. The molecule has 1 aromatic rings. The Morgan fingerprint density at radius 3 is 2.86 bits per heavy atom. The molecule has 0 aliphatic heterocycles. The van der Waals surface area contributed by atoms with Gasteiger partial charge in [-0.25, -0.2) is 0 Å². The number of methoxy groups -OCH3 is 1. The lowest BCUT2D eigenvalue weighted by Crippen LogP contribution is -1.92. The van der Waals surface area contributed by atoms with Crippen LogP contribution in [0.5, 0.6) is 5.75 Å². The zero-order valence-corrected chi connectivity index (χ0v) is 8.29. The molecule has 0 atom stereocenters. The minimum Gasteiger partial charge on any atom is -0.496 e. The van der Waals surface area contributed by atoms with Gasteiger partial charge in [0.1, 0.15) is 5.75 Å². The molecule has 2 nitrogen and oxygen atoms in total. The van der Waals surface area contributed by atoms with Crippen LogP contribution in [-0.2, 0) is 6.42 Å². The van der Waals surface area contributed by atoms with Crippen LogP contribution in [0.3, 0.4) is 0 Å². The second-order valence-electron chi connectivity index (χ2n) is 3.69. The Labute approximate surface area is 84.1 Å². The number of hydrogen-bond donors (Lipinski definition) is 0. The van der Waals surface area contributed by atoms with E-state index in [9.17, 15) is 0 Å². The van der Waals surface area contributed by atoms with E-state index < -0.39 is 0 Å². The fourth-order valence-electron chi connectivity index (χ4n) is 1.69. The molecular formula is C12H13NO. The monoisotopic (exact) mass is 187 g/mol. The van der Waals surface area contributed by atoms with Crippen molar-refractivity contribution >= 4 is 0 Å². The van der Waals surface area contributed by atoms with E-state index in [1.807, 2.05) is 12.1 Å². The molecule has 1 fully saturated rings. The van der Waals surface area contributed by atoms with Crippen molar-refractivity contribution in [3.05, 3.63) is 29.3 Å². The van der Waals surface area contributed by atoms with Gasteiger partial charge in [-0.05, 0) is 36.0 Å². The van der Waals surface area contributed by atoms with Crippen LogP contribution in [0.25, 0.3) is 0 Å². The quantitative estimate of drug-likeness (QED) is 0.728. The van der Waals surface area contributed by atoms with Gasteiger partial charge in [0.15, 0.2) is 0 Å². The zero-order chi connectivity index (χ0) is 9.97. The van der Waals surface area contributed by atoms with Gasteiger partial charge in [0.05, 0.1) is 19.6 Å². The number of rotatable bonds is 3. The summed E-state index contributed by atoms with van der Waals surface area (Å²) in [5.41, 5.74) is 2.34. The van der Waals surface area contributed by atoms with Gasteiger partial charge in [-0.3, -0.25) is 0 Å². The van der Waals surface area contributed by atoms with Crippen molar-refractivity contribution in [2.75, 3.05) is 7.11 Å². The van der Waals surface area contributed by atoms with Gasteiger partial charge in [0.2, 0.25) is 0 Å². The smallest absolute Gasteiger partial charge is 0.122 e. The van der Waals surface area contributed by atoms with Crippen molar-refractivity contribution in [1.29, 1.82) is 5.26 Å². The van der Waals surface area contributed by atoms with E-state index >= 15 is 0 Å². The summed E-state index contributed by atoms with van der Waals surface area (Å²) in [6.07, 6.45) is 3.00.